The van der Waals surface area contributed by atoms with Crippen LogP contribution in [0.4, 0.5) is 4.39 Å². The van der Waals surface area contributed by atoms with E-state index in [0.29, 0.717) is 5.56 Å². The Morgan fingerprint density at radius 1 is 0.550 bits per heavy atom. The topological polar surface area (TPSA) is 0 Å². The van der Waals surface area contributed by atoms with Gasteiger partial charge in [0.1, 0.15) is 5.82 Å². The summed E-state index contributed by atoms with van der Waals surface area (Å²) in [6.07, 6.45) is 0. The van der Waals surface area contributed by atoms with Gasteiger partial charge in [-0.05, 0) is 22.8 Å². The van der Waals surface area contributed by atoms with Crippen LogP contribution in [0.5, 0.6) is 0 Å². The van der Waals surface area contributed by atoms with Crippen molar-refractivity contribution in [3.05, 3.63) is 84.7 Å². The quantitative estimate of drug-likeness (QED) is 0.549. The number of halogens is 1. The molecular weight excluding hydrogens is 247 g/mol. The molecule has 0 heterocycles. The molecule has 0 aliphatic rings. The van der Waals surface area contributed by atoms with Gasteiger partial charge in [0.15, 0.2) is 0 Å². The van der Waals surface area contributed by atoms with Gasteiger partial charge in [-0.25, -0.2) is 4.39 Å². The first kappa shape index (κ1) is 14.0. The normalized spacial score (nSPS) is 9.85. The molecule has 0 fully saturated rings. The Bertz CT molecular complexity index is 673. The van der Waals surface area contributed by atoms with Gasteiger partial charge in [0.25, 0.3) is 0 Å². The first-order valence-electron chi connectivity index (χ1n) is 6.25. The molecule has 0 aliphatic carbocycles. The second-order valence-corrected chi connectivity index (χ2v) is 4.43. The molecule has 0 N–H and O–H groups in total. The number of hydrogen-bond acceptors (Lipinski definition) is 0. The van der Waals surface area contributed by atoms with E-state index in [1.54, 1.807) is 6.07 Å². The zero-order valence-corrected chi connectivity index (χ0v) is 10.4. The zero-order valence-electron chi connectivity index (χ0n) is 10.4. The number of rotatable bonds is 2. The largest absolute Gasteiger partial charge is 0.206 e. The fourth-order valence-corrected chi connectivity index (χ4v) is 2.18. The Morgan fingerprint density at radius 3 is 1.65 bits per heavy atom. The van der Waals surface area contributed by atoms with Crippen molar-refractivity contribution in [2.45, 2.75) is 7.43 Å². The van der Waals surface area contributed by atoms with Crippen LogP contribution in [0.15, 0.2) is 78.9 Å². The maximum absolute atomic E-state index is 14.2. The molecule has 3 aromatic carbocycles. The van der Waals surface area contributed by atoms with Crippen molar-refractivity contribution >= 4 is 0 Å². The van der Waals surface area contributed by atoms with Gasteiger partial charge in [-0.3, -0.25) is 0 Å². The summed E-state index contributed by atoms with van der Waals surface area (Å²) in [6, 6.07) is 24.8. The third-order valence-corrected chi connectivity index (χ3v) is 3.16. The lowest BCUT2D eigenvalue weighted by molar-refractivity contribution is 0.632. The number of benzene rings is 3. The van der Waals surface area contributed by atoms with E-state index in [4.69, 9.17) is 0 Å². The summed E-state index contributed by atoms with van der Waals surface area (Å²) < 4.78 is 14.2. The maximum Gasteiger partial charge on any atom is 0.131 e. The fraction of sp³-hybridized carbons (Fsp3) is 0.0526. The maximum atomic E-state index is 14.2. The molecule has 1 heteroatoms. The van der Waals surface area contributed by atoms with Crippen LogP contribution in [0.3, 0.4) is 0 Å². The zero-order chi connectivity index (χ0) is 13.1. The van der Waals surface area contributed by atoms with Crippen molar-refractivity contribution < 1.29 is 4.39 Å². The van der Waals surface area contributed by atoms with E-state index in [1.165, 1.54) is 0 Å². The SMILES string of the molecule is C.Fc1cc(-c2ccccc2)ccc1-c1ccccc1. The molecule has 0 atom stereocenters. The average molecular weight is 264 g/mol. The molecule has 0 radical (unpaired) electrons. The Balaban J connectivity index is 0.00000147. The van der Waals surface area contributed by atoms with Crippen LogP contribution in [0.25, 0.3) is 22.3 Å². The highest BCUT2D eigenvalue weighted by Crippen LogP contribution is 2.27. The van der Waals surface area contributed by atoms with Crippen molar-refractivity contribution in [3.8, 4) is 22.3 Å². The highest BCUT2D eigenvalue weighted by molar-refractivity contribution is 5.70. The van der Waals surface area contributed by atoms with Crippen molar-refractivity contribution in [2.24, 2.45) is 0 Å². The third-order valence-electron chi connectivity index (χ3n) is 3.16. The minimum atomic E-state index is -0.187. The van der Waals surface area contributed by atoms with Gasteiger partial charge in [0.2, 0.25) is 0 Å². The molecule has 0 spiro atoms. The minimum Gasteiger partial charge on any atom is -0.206 e. The van der Waals surface area contributed by atoms with E-state index in [0.717, 1.165) is 16.7 Å². The highest BCUT2D eigenvalue weighted by atomic mass is 19.1. The molecule has 3 rings (SSSR count). The molecule has 0 saturated heterocycles. The third kappa shape index (κ3) is 2.77. The summed E-state index contributed by atoms with van der Waals surface area (Å²) in [4.78, 5) is 0. The molecule has 0 saturated carbocycles. The van der Waals surface area contributed by atoms with Crippen LogP contribution in [0.1, 0.15) is 7.43 Å². The molecule has 20 heavy (non-hydrogen) atoms. The molecule has 3 aromatic rings. The van der Waals surface area contributed by atoms with Gasteiger partial charge in [-0.1, -0.05) is 80.2 Å². The van der Waals surface area contributed by atoms with Crippen molar-refractivity contribution in [1.82, 2.24) is 0 Å². The number of hydrogen-bond donors (Lipinski definition) is 0. The molecule has 100 valence electrons. The predicted octanol–water partition coefficient (Wildman–Crippen LogP) is 5.80. The van der Waals surface area contributed by atoms with Crippen LogP contribution in [0, 0.1) is 5.82 Å². The molecule has 0 nitrogen and oxygen atoms in total. The van der Waals surface area contributed by atoms with Crippen LogP contribution >= 0.6 is 0 Å². The smallest absolute Gasteiger partial charge is 0.131 e. The Kier molecular flexibility index (Phi) is 4.31. The Hall–Kier alpha value is -2.41. The standard InChI is InChI=1S/C18H13F.CH4/c19-18-13-16(14-7-3-1-4-8-14)11-12-17(18)15-9-5-2-6-10-15;/h1-13H;1H4. The van der Waals surface area contributed by atoms with Crippen LogP contribution in [-0.2, 0) is 0 Å². The second-order valence-electron chi connectivity index (χ2n) is 4.43. The summed E-state index contributed by atoms with van der Waals surface area (Å²) in [5, 5.41) is 0. The molecule has 0 aromatic heterocycles. The van der Waals surface area contributed by atoms with Gasteiger partial charge in [-0.15, -0.1) is 0 Å². The summed E-state index contributed by atoms with van der Waals surface area (Å²) in [5.41, 5.74) is 3.47. The molecule has 0 aliphatic heterocycles. The lowest BCUT2D eigenvalue weighted by Crippen LogP contribution is -1.86. The van der Waals surface area contributed by atoms with E-state index in [1.807, 2.05) is 72.8 Å². The van der Waals surface area contributed by atoms with E-state index < -0.39 is 0 Å². The van der Waals surface area contributed by atoms with E-state index in [9.17, 15) is 4.39 Å². The lowest BCUT2D eigenvalue weighted by atomic mass is 10.00. The predicted molar refractivity (Wildman–Crippen MR) is 84.0 cm³/mol. The van der Waals surface area contributed by atoms with Gasteiger partial charge >= 0.3 is 0 Å². The van der Waals surface area contributed by atoms with Crippen LogP contribution < -0.4 is 0 Å². The lowest BCUT2D eigenvalue weighted by Gasteiger charge is -2.06. The monoisotopic (exact) mass is 264 g/mol. The first-order valence-corrected chi connectivity index (χ1v) is 6.25. The Labute approximate surface area is 119 Å². The van der Waals surface area contributed by atoms with Crippen LogP contribution in [0.2, 0.25) is 0 Å². The van der Waals surface area contributed by atoms with E-state index in [2.05, 4.69) is 0 Å². The molecule has 0 unspecified atom stereocenters. The summed E-state index contributed by atoms with van der Waals surface area (Å²) in [6.45, 7) is 0. The van der Waals surface area contributed by atoms with Crippen molar-refractivity contribution in [2.75, 3.05) is 0 Å². The van der Waals surface area contributed by atoms with Crippen LogP contribution in [-0.4, -0.2) is 0 Å². The summed E-state index contributed by atoms with van der Waals surface area (Å²) in [5.74, 6) is -0.187. The average Bonchev–Trinajstić information content (AvgIpc) is 2.49. The van der Waals surface area contributed by atoms with Gasteiger partial charge in [-0.2, -0.15) is 0 Å². The van der Waals surface area contributed by atoms with Gasteiger partial charge in [0.05, 0.1) is 0 Å². The second kappa shape index (κ2) is 6.16. The first-order chi connectivity index (χ1) is 9.34. The van der Waals surface area contributed by atoms with Crippen molar-refractivity contribution in [1.29, 1.82) is 0 Å². The highest BCUT2D eigenvalue weighted by Gasteiger charge is 2.06. The fourth-order valence-electron chi connectivity index (χ4n) is 2.18. The van der Waals surface area contributed by atoms with E-state index >= 15 is 0 Å². The van der Waals surface area contributed by atoms with Gasteiger partial charge < -0.3 is 0 Å². The molecule has 0 amide bonds. The minimum absolute atomic E-state index is 0. The molecular formula is C19H17F. The van der Waals surface area contributed by atoms with Crippen molar-refractivity contribution in [3.63, 3.8) is 0 Å². The van der Waals surface area contributed by atoms with E-state index in [-0.39, 0.29) is 13.2 Å². The van der Waals surface area contributed by atoms with Gasteiger partial charge in [0, 0.05) is 5.56 Å². The summed E-state index contributed by atoms with van der Waals surface area (Å²) >= 11 is 0. The summed E-state index contributed by atoms with van der Waals surface area (Å²) in [7, 11) is 0. The molecule has 0 bridgehead atoms. The Morgan fingerprint density at radius 2 is 1.10 bits per heavy atom.